The summed E-state index contributed by atoms with van der Waals surface area (Å²) in [6, 6.07) is 68.7. The third-order valence-electron chi connectivity index (χ3n) is 10.7. The average molecular weight is 733 g/mol. The first kappa shape index (κ1) is 32.2. The van der Waals surface area contributed by atoms with Gasteiger partial charge in [0.15, 0.2) is 11.6 Å². The van der Waals surface area contributed by atoms with Gasteiger partial charge in [-0.2, -0.15) is 9.97 Å². The fourth-order valence-corrected chi connectivity index (χ4v) is 8.97. The van der Waals surface area contributed by atoms with E-state index in [1.807, 2.05) is 41.7 Å². The lowest BCUT2D eigenvalue weighted by Crippen LogP contribution is -2.06. The highest BCUT2D eigenvalue weighted by atomic mass is 32.1. The van der Waals surface area contributed by atoms with Crippen LogP contribution in [0.15, 0.2) is 194 Å². The first-order chi connectivity index (χ1) is 27.7. The van der Waals surface area contributed by atoms with Gasteiger partial charge in [0.1, 0.15) is 0 Å². The zero-order valence-electron chi connectivity index (χ0n) is 30.2. The van der Waals surface area contributed by atoms with Crippen LogP contribution in [0.4, 0.5) is 0 Å². The number of rotatable bonds is 6. The minimum Gasteiger partial charge on any atom is -0.278 e. The highest BCUT2D eigenvalue weighted by Gasteiger charge is 2.18. The van der Waals surface area contributed by atoms with E-state index in [1.165, 1.54) is 53.2 Å². The Morgan fingerprint density at radius 1 is 0.304 bits per heavy atom. The molecule has 0 aliphatic carbocycles. The highest BCUT2D eigenvalue weighted by molar-refractivity contribution is 7.25. The monoisotopic (exact) mass is 732 g/mol. The van der Waals surface area contributed by atoms with Crippen LogP contribution in [0.25, 0.3) is 104 Å². The lowest BCUT2D eigenvalue weighted by Gasteiger charge is -2.11. The first-order valence-electron chi connectivity index (χ1n) is 18.8. The van der Waals surface area contributed by atoms with E-state index in [0.29, 0.717) is 17.6 Å². The number of fused-ring (bicyclic) bond motifs is 6. The molecule has 11 aromatic rings. The van der Waals surface area contributed by atoms with E-state index in [9.17, 15) is 0 Å². The lowest BCUT2D eigenvalue weighted by molar-refractivity contribution is 0.953. The van der Waals surface area contributed by atoms with E-state index >= 15 is 0 Å². The third-order valence-corrected chi connectivity index (χ3v) is 11.8. The smallest absolute Gasteiger partial charge is 0.238 e. The minimum absolute atomic E-state index is 0.592. The van der Waals surface area contributed by atoms with Gasteiger partial charge in [-0.25, -0.2) is 4.98 Å². The molecule has 0 spiro atoms. The van der Waals surface area contributed by atoms with Crippen molar-refractivity contribution in [3.05, 3.63) is 194 Å². The number of hydrogen-bond acceptors (Lipinski definition) is 4. The number of benzene rings is 8. The number of para-hydroxylation sites is 2. The van der Waals surface area contributed by atoms with Crippen molar-refractivity contribution in [3.8, 4) is 62.1 Å². The predicted molar refractivity (Wildman–Crippen MR) is 234 cm³/mol. The zero-order valence-corrected chi connectivity index (χ0v) is 31.0. The van der Waals surface area contributed by atoms with Crippen LogP contribution in [0.5, 0.6) is 0 Å². The first-order valence-corrected chi connectivity index (χ1v) is 19.6. The Kier molecular flexibility index (Phi) is 7.64. The standard InChI is InChI=1S/C51H32N4S/c1-3-12-33(13-4-1)39-26-28-47-43(31-39)44-32-40(27-29-48(44)56-47)38-17-11-16-37(30-38)34-22-24-36(25-23-34)50-52-49(35-14-5-2-6-15-35)53-51(54-50)55-45-20-9-7-18-41(45)42-19-8-10-21-46(42)55/h1-32H. The van der Waals surface area contributed by atoms with E-state index < -0.39 is 0 Å². The van der Waals surface area contributed by atoms with Crippen LogP contribution in [0, 0.1) is 0 Å². The summed E-state index contributed by atoms with van der Waals surface area (Å²) in [5.41, 5.74) is 11.1. The van der Waals surface area contributed by atoms with Crippen molar-refractivity contribution in [1.82, 2.24) is 19.5 Å². The summed E-state index contributed by atoms with van der Waals surface area (Å²) >= 11 is 1.85. The molecule has 4 nitrogen and oxygen atoms in total. The maximum Gasteiger partial charge on any atom is 0.238 e. The maximum atomic E-state index is 5.13. The van der Waals surface area contributed by atoms with Gasteiger partial charge in [-0.05, 0) is 75.8 Å². The predicted octanol–water partition coefficient (Wildman–Crippen LogP) is 13.7. The Balaban J connectivity index is 0.968. The van der Waals surface area contributed by atoms with Crippen molar-refractivity contribution in [1.29, 1.82) is 0 Å². The molecular weight excluding hydrogens is 701 g/mol. The maximum absolute atomic E-state index is 5.13. The van der Waals surface area contributed by atoms with Crippen molar-refractivity contribution < 1.29 is 0 Å². The molecule has 0 saturated carbocycles. The minimum atomic E-state index is 0.592. The van der Waals surface area contributed by atoms with Crippen LogP contribution < -0.4 is 0 Å². The molecule has 0 bridgehead atoms. The van der Waals surface area contributed by atoms with Crippen molar-refractivity contribution in [2.75, 3.05) is 0 Å². The van der Waals surface area contributed by atoms with Gasteiger partial charge in [-0.1, -0.05) is 152 Å². The van der Waals surface area contributed by atoms with Gasteiger partial charge < -0.3 is 0 Å². The zero-order chi connectivity index (χ0) is 37.0. The molecule has 3 aromatic heterocycles. The highest BCUT2D eigenvalue weighted by Crippen LogP contribution is 2.39. The molecule has 3 heterocycles. The van der Waals surface area contributed by atoms with Crippen LogP contribution in [-0.4, -0.2) is 19.5 Å². The summed E-state index contributed by atoms with van der Waals surface area (Å²) in [5, 5.41) is 4.93. The topological polar surface area (TPSA) is 43.6 Å². The van der Waals surface area contributed by atoms with Crippen LogP contribution in [-0.2, 0) is 0 Å². The molecule has 8 aromatic carbocycles. The van der Waals surface area contributed by atoms with Gasteiger partial charge in [0, 0.05) is 42.1 Å². The van der Waals surface area contributed by atoms with Gasteiger partial charge in [0.25, 0.3) is 0 Å². The second-order valence-electron chi connectivity index (χ2n) is 14.1. The Hall–Kier alpha value is -7.21. The van der Waals surface area contributed by atoms with E-state index in [-0.39, 0.29) is 0 Å². The van der Waals surface area contributed by atoms with Gasteiger partial charge in [0.05, 0.1) is 11.0 Å². The molecule has 0 fully saturated rings. The number of aromatic nitrogens is 4. The Morgan fingerprint density at radius 3 is 1.32 bits per heavy atom. The van der Waals surface area contributed by atoms with E-state index in [4.69, 9.17) is 15.0 Å². The molecule has 262 valence electrons. The van der Waals surface area contributed by atoms with E-state index in [1.54, 1.807) is 0 Å². The molecular formula is C51H32N4S. The third kappa shape index (κ3) is 5.56. The van der Waals surface area contributed by atoms with Crippen LogP contribution >= 0.6 is 11.3 Å². The fourth-order valence-electron chi connectivity index (χ4n) is 7.91. The fraction of sp³-hybridized carbons (Fsp3) is 0. The Bertz CT molecular complexity index is 3180. The summed E-state index contributed by atoms with van der Waals surface area (Å²) in [6.07, 6.45) is 0. The lowest BCUT2D eigenvalue weighted by atomic mass is 9.97. The quantitative estimate of drug-likeness (QED) is 0.171. The number of hydrogen-bond donors (Lipinski definition) is 0. The summed E-state index contributed by atoms with van der Waals surface area (Å²) in [7, 11) is 0. The molecule has 0 N–H and O–H groups in total. The molecule has 56 heavy (non-hydrogen) atoms. The Morgan fingerprint density at radius 2 is 0.714 bits per heavy atom. The average Bonchev–Trinajstić information content (AvgIpc) is 3.82. The largest absolute Gasteiger partial charge is 0.278 e. The van der Waals surface area contributed by atoms with Crippen LogP contribution in [0.1, 0.15) is 0 Å². The van der Waals surface area contributed by atoms with Crippen molar-refractivity contribution in [3.63, 3.8) is 0 Å². The van der Waals surface area contributed by atoms with Crippen molar-refractivity contribution >= 4 is 53.3 Å². The van der Waals surface area contributed by atoms with Crippen LogP contribution in [0.3, 0.4) is 0 Å². The van der Waals surface area contributed by atoms with Crippen LogP contribution in [0.2, 0.25) is 0 Å². The van der Waals surface area contributed by atoms with E-state index in [2.05, 4.69) is 168 Å². The second-order valence-corrected chi connectivity index (χ2v) is 15.2. The van der Waals surface area contributed by atoms with Gasteiger partial charge in [-0.3, -0.25) is 4.57 Å². The van der Waals surface area contributed by atoms with Crippen molar-refractivity contribution in [2.24, 2.45) is 0 Å². The molecule has 5 heteroatoms. The SMILES string of the molecule is c1ccc(-c2ccc3sc4ccc(-c5cccc(-c6ccc(-c7nc(-c8ccccc8)nc(-n8c9ccccc9c9ccccc98)n7)cc6)c5)cc4c3c2)cc1. The molecule has 11 rings (SSSR count). The van der Waals surface area contributed by atoms with Gasteiger partial charge in [0.2, 0.25) is 5.95 Å². The summed E-state index contributed by atoms with van der Waals surface area (Å²) < 4.78 is 4.76. The summed E-state index contributed by atoms with van der Waals surface area (Å²) in [6.45, 7) is 0. The molecule has 0 aliphatic rings. The van der Waals surface area contributed by atoms with Crippen molar-refractivity contribution in [2.45, 2.75) is 0 Å². The summed E-state index contributed by atoms with van der Waals surface area (Å²) in [4.78, 5) is 15.2. The normalized spacial score (nSPS) is 11.6. The molecule has 0 saturated heterocycles. The van der Waals surface area contributed by atoms with Gasteiger partial charge in [-0.15, -0.1) is 11.3 Å². The number of thiophene rings is 1. The molecule has 0 radical (unpaired) electrons. The molecule has 0 unspecified atom stereocenters. The molecule has 0 aliphatic heterocycles. The Labute approximate surface area is 327 Å². The summed E-state index contributed by atoms with van der Waals surface area (Å²) in [5.74, 6) is 1.85. The second kappa shape index (κ2) is 13.3. The van der Waals surface area contributed by atoms with E-state index in [0.717, 1.165) is 33.3 Å². The van der Waals surface area contributed by atoms with Gasteiger partial charge >= 0.3 is 0 Å². The molecule has 0 amide bonds. The molecule has 0 atom stereocenters. The number of nitrogens with zero attached hydrogens (tertiary/aromatic N) is 4.